The van der Waals surface area contributed by atoms with E-state index in [1.807, 2.05) is 6.07 Å². The van der Waals surface area contributed by atoms with Gasteiger partial charge in [0.2, 0.25) is 0 Å². The van der Waals surface area contributed by atoms with Crippen LogP contribution in [-0.2, 0) is 0 Å². The van der Waals surface area contributed by atoms with Gasteiger partial charge in [-0.3, -0.25) is 4.90 Å². The molecule has 0 bridgehead atoms. The Bertz CT molecular complexity index is 116. The van der Waals surface area contributed by atoms with Crippen LogP contribution in [0.1, 0.15) is 0 Å². The fraction of sp³-hybridized carbons (Fsp3) is 0.500. The molecule has 0 fully saturated rings. The average molecular weight is 95.1 g/mol. The number of rotatable bonds is 1. The smallest absolute Gasteiger partial charge is 0.180 e. The summed E-state index contributed by atoms with van der Waals surface area (Å²) in [6.45, 7) is 0.177. The fourth-order valence-electron chi connectivity index (χ4n) is 0.141. The van der Waals surface area contributed by atoms with Crippen LogP contribution in [0.25, 0.3) is 0 Å². The molecule has 0 aliphatic rings. The van der Waals surface area contributed by atoms with Gasteiger partial charge in [0, 0.05) is 7.05 Å². The highest BCUT2D eigenvalue weighted by molar-refractivity contribution is 4.81. The molecule has 0 saturated carbocycles. The van der Waals surface area contributed by atoms with Crippen LogP contribution in [0.15, 0.2) is 0 Å². The monoisotopic (exact) mass is 95.0 g/mol. The van der Waals surface area contributed by atoms with E-state index >= 15 is 0 Å². The third-order valence-corrected chi connectivity index (χ3v) is 0.479. The second-order valence-corrected chi connectivity index (χ2v) is 1.11. The SMILES string of the molecule is CN(C#N)CC#N. The molecule has 0 saturated heterocycles. The molecule has 3 nitrogen and oxygen atoms in total. The Morgan fingerprint density at radius 1 is 1.57 bits per heavy atom. The van der Waals surface area contributed by atoms with Crippen molar-refractivity contribution < 1.29 is 0 Å². The molecule has 0 aromatic rings. The van der Waals surface area contributed by atoms with Gasteiger partial charge in [0.1, 0.15) is 6.54 Å². The van der Waals surface area contributed by atoms with Gasteiger partial charge in [0.25, 0.3) is 0 Å². The van der Waals surface area contributed by atoms with E-state index in [2.05, 4.69) is 0 Å². The Labute approximate surface area is 42.4 Å². The van der Waals surface area contributed by atoms with Crippen molar-refractivity contribution in [3.63, 3.8) is 0 Å². The molecule has 0 spiro atoms. The highest BCUT2D eigenvalue weighted by atomic mass is 15.1. The lowest BCUT2D eigenvalue weighted by Crippen LogP contribution is -2.09. The van der Waals surface area contributed by atoms with Gasteiger partial charge in [-0.25, -0.2) is 0 Å². The van der Waals surface area contributed by atoms with Gasteiger partial charge in [-0.2, -0.15) is 10.5 Å². The lowest BCUT2D eigenvalue weighted by Gasteiger charge is -1.96. The van der Waals surface area contributed by atoms with Gasteiger partial charge < -0.3 is 0 Å². The molecule has 0 atom stereocenters. The van der Waals surface area contributed by atoms with Crippen LogP contribution < -0.4 is 0 Å². The normalized spacial score (nSPS) is 6.14. The second-order valence-electron chi connectivity index (χ2n) is 1.11. The maximum atomic E-state index is 7.99. The topological polar surface area (TPSA) is 50.8 Å². The number of hydrogen-bond donors (Lipinski definition) is 0. The molecule has 0 aromatic heterocycles. The highest BCUT2D eigenvalue weighted by Crippen LogP contribution is 1.70. The van der Waals surface area contributed by atoms with Crippen molar-refractivity contribution in [2.45, 2.75) is 0 Å². The largest absolute Gasteiger partial charge is 0.300 e. The standard InChI is InChI=1S/C4H5N3/c1-7(4-6)3-2-5/h3H2,1H3. The zero-order valence-electron chi connectivity index (χ0n) is 4.05. The summed E-state index contributed by atoms with van der Waals surface area (Å²) >= 11 is 0. The van der Waals surface area contributed by atoms with Crippen LogP contribution >= 0.6 is 0 Å². The number of nitriles is 2. The Morgan fingerprint density at radius 3 is 2.29 bits per heavy atom. The predicted octanol–water partition coefficient (Wildman–Crippen LogP) is -0.0771. The van der Waals surface area contributed by atoms with Crippen LogP contribution in [0.4, 0.5) is 0 Å². The first-order valence-corrected chi connectivity index (χ1v) is 1.79. The van der Waals surface area contributed by atoms with Crippen LogP contribution in [0.2, 0.25) is 0 Å². The van der Waals surface area contributed by atoms with E-state index in [0.29, 0.717) is 0 Å². The fourth-order valence-corrected chi connectivity index (χ4v) is 0.141. The lowest BCUT2D eigenvalue weighted by molar-refractivity contribution is 0.535. The number of nitrogens with zero attached hydrogens (tertiary/aromatic N) is 3. The molecule has 36 valence electrons. The third-order valence-electron chi connectivity index (χ3n) is 0.479. The summed E-state index contributed by atoms with van der Waals surface area (Å²) < 4.78 is 0. The average Bonchev–Trinajstić information content (AvgIpc) is 1.68. The van der Waals surface area contributed by atoms with E-state index in [9.17, 15) is 0 Å². The van der Waals surface area contributed by atoms with Crippen LogP contribution in [0, 0.1) is 22.8 Å². The Hall–Kier alpha value is -1.22. The van der Waals surface area contributed by atoms with Crippen molar-refractivity contribution in [3.05, 3.63) is 0 Å². The predicted molar refractivity (Wildman–Crippen MR) is 23.9 cm³/mol. The van der Waals surface area contributed by atoms with E-state index in [-0.39, 0.29) is 6.54 Å². The first-order chi connectivity index (χ1) is 3.31. The molecule has 0 amide bonds. The molecule has 0 unspecified atom stereocenters. The molecule has 0 rings (SSSR count). The molecule has 0 aliphatic heterocycles. The van der Waals surface area contributed by atoms with Gasteiger partial charge >= 0.3 is 0 Å². The molecule has 7 heavy (non-hydrogen) atoms. The molecular formula is C4H5N3. The van der Waals surface area contributed by atoms with Crippen LogP contribution in [0.5, 0.6) is 0 Å². The van der Waals surface area contributed by atoms with Crippen LogP contribution in [0.3, 0.4) is 0 Å². The van der Waals surface area contributed by atoms with Crippen molar-refractivity contribution in [1.82, 2.24) is 4.90 Å². The van der Waals surface area contributed by atoms with Crippen molar-refractivity contribution in [3.8, 4) is 12.3 Å². The summed E-state index contributed by atoms with van der Waals surface area (Å²) in [7, 11) is 1.56. The van der Waals surface area contributed by atoms with Crippen LogP contribution in [-0.4, -0.2) is 18.5 Å². The van der Waals surface area contributed by atoms with Gasteiger partial charge in [-0.15, -0.1) is 0 Å². The van der Waals surface area contributed by atoms with Crippen molar-refractivity contribution in [1.29, 1.82) is 10.5 Å². The van der Waals surface area contributed by atoms with E-state index in [4.69, 9.17) is 10.5 Å². The zero-order valence-corrected chi connectivity index (χ0v) is 4.05. The van der Waals surface area contributed by atoms with E-state index < -0.39 is 0 Å². The summed E-state index contributed by atoms with van der Waals surface area (Å²) in [6.07, 6.45) is 1.78. The molecule has 0 aromatic carbocycles. The van der Waals surface area contributed by atoms with Crippen molar-refractivity contribution >= 4 is 0 Å². The van der Waals surface area contributed by atoms with E-state index in [1.165, 1.54) is 4.90 Å². The molecule has 0 aliphatic carbocycles. The van der Waals surface area contributed by atoms with E-state index in [0.717, 1.165) is 0 Å². The Kier molecular flexibility index (Phi) is 2.47. The van der Waals surface area contributed by atoms with Gasteiger partial charge in [-0.1, -0.05) is 0 Å². The summed E-state index contributed by atoms with van der Waals surface area (Å²) in [5.41, 5.74) is 0. The lowest BCUT2D eigenvalue weighted by atomic mass is 10.7. The first kappa shape index (κ1) is 5.78. The minimum Gasteiger partial charge on any atom is -0.300 e. The van der Waals surface area contributed by atoms with Crippen molar-refractivity contribution in [2.24, 2.45) is 0 Å². The van der Waals surface area contributed by atoms with Gasteiger partial charge in [-0.05, 0) is 0 Å². The summed E-state index contributed by atoms with van der Waals surface area (Å²) in [6, 6.07) is 1.82. The molecule has 0 radical (unpaired) electrons. The molecule has 3 heteroatoms. The van der Waals surface area contributed by atoms with Gasteiger partial charge in [0.15, 0.2) is 6.19 Å². The molecular weight excluding hydrogens is 90.1 g/mol. The summed E-state index contributed by atoms with van der Waals surface area (Å²) in [5, 5.41) is 15.9. The van der Waals surface area contributed by atoms with Crippen molar-refractivity contribution in [2.75, 3.05) is 13.6 Å². The molecule has 0 heterocycles. The summed E-state index contributed by atoms with van der Waals surface area (Å²) in [4.78, 5) is 1.25. The first-order valence-electron chi connectivity index (χ1n) is 1.79. The molecule has 0 N–H and O–H groups in total. The minimum absolute atomic E-state index is 0.177. The second kappa shape index (κ2) is 2.99. The number of hydrogen-bond acceptors (Lipinski definition) is 3. The highest BCUT2D eigenvalue weighted by Gasteiger charge is 1.84. The Morgan fingerprint density at radius 2 is 2.14 bits per heavy atom. The maximum Gasteiger partial charge on any atom is 0.180 e. The minimum atomic E-state index is 0.177. The maximum absolute atomic E-state index is 7.99. The quantitative estimate of drug-likeness (QED) is 0.260. The third kappa shape index (κ3) is 2.59. The Balaban J connectivity index is 3.27. The zero-order chi connectivity index (χ0) is 5.70. The van der Waals surface area contributed by atoms with E-state index in [1.54, 1.807) is 13.2 Å². The summed E-state index contributed by atoms with van der Waals surface area (Å²) in [5.74, 6) is 0. The van der Waals surface area contributed by atoms with Gasteiger partial charge in [0.05, 0.1) is 6.07 Å².